The minimum Gasteiger partial charge on any atom is -0.377 e. The first-order chi connectivity index (χ1) is 10.0. The third kappa shape index (κ3) is 3.56. The Hall–Kier alpha value is -1.99. The number of likely N-dealkylation sites (N-methyl/N-ethyl adjacent to an activating group) is 1. The molecule has 1 aromatic heterocycles. The van der Waals surface area contributed by atoms with Crippen molar-refractivity contribution in [2.45, 2.75) is 6.04 Å². The van der Waals surface area contributed by atoms with Gasteiger partial charge in [0.05, 0.1) is 11.0 Å². The third-order valence-corrected chi connectivity index (χ3v) is 4.12. The number of nitro benzene ring substituents is 1. The quantitative estimate of drug-likeness (QED) is 0.655. The molecule has 0 fully saturated rings. The zero-order valence-electron chi connectivity index (χ0n) is 11.7. The summed E-state index contributed by atoms with van der Waals surface area (Å²) in [5.74, 6) is -0.831. The first-order valence-corrected chi connectivity index (χ1v) is 7.25. The summed E-state index contributed by atoms with van der Waals surface area (Å²) in [4.78, 5) is 13.4. The molecule has 5 nitrogen and oxygen atoms in total. The van der Waals surface area contributed by atoms with Crippen LogP contribution in [-0.2, 0) is 0 Å². The molecule has 7 heteroatoms. The number of nitrogens with zero attached hydrogens (tertiary/aromatic N) is 2. The second-order valence-electron chi connectivity index (χ2n) is 4.77. The summed E-state index contributed by atoms with van der Waals surface area (Å²) in [5, 5.41) is 15.9. The molecule has 0 saturated carbocycles. The monoisotopic (exact) mass is 309 g/mol. The highest BCUT2D eigenvalue weighted by Crippen LogP contribution is 2.29. The molecule has 0 amide bonds. The standard InChI is InChI=1S/C14H16FN3O2S/c1-17(2)12(13-7-4-8-21-13)9-16-11-6-3-5-10(15)14(11)18(19)20/h3-8,12,16H,9H2,1-2H3/t12-/m0/s1. The Kier molecular flexibility index (Phi) is 4.87. The van der Waals surface area contributed by atoms with Crippen molar-refractivity contribution in [2.24, 2.45) is 0 Å². The summed E-state index contributed by atoms with van der Waals surface area (Å²) >= 11 is 1.62. The van der Waals surface area contributed by atoms with Crippen LogP contribution in [0.1, 0.15) is 10.9 Å². The van der Waals surface area contributed by atoms with Crippen molar-refractivity contribution in [1.82, 2.24) is 4.90 Å². The number of nitro groups is 1. The highest BCUT2D eigenvalue weighted by Gasteiger charge is 2.21. The number of halogens is 1. The first kappa shape index (κ1) is 15.4. The second kappa shape index (κ2) is 6.64. The van der Waals surface area contributed by atoms with Crippen LogP contribution in [0, 0.1) is 15.9 Å². The Morgan fingerprint density at radius 1 is 1.38 bits per heavy atom. The van der Waals surface area contributed by atoms with Gasteiger partial charge in [0.25, 0.3) is 0 Å². The fourth-order valence-electron chi connectivity index (χ4n) is 2.07. The fraction of sp³-hybridized carbons (Fsp3) is 0.286. The van der Waals surface area contributed by atoms with Crippen LogP contribution in [-0.4, -0.2) is 30.5 Å². The van der Waals surface area contributed by atoms with E-state index in [9.17, 15) is 14.5 Å². The number of anilines is 1. The Balaban J connectivity index is 2.19. The van der Waals surface area contributed by atoms with Crippen LogP contribution in [0.3, 0.4) is 0 Å². The SMILES string of the molecule is CN(C)[C@@H](CNc1cccc(F)c1[N+](=O)[O-])c1cccs1. The van der Waals surface area contributed by atoms with Crippen molar-refractivity contribution < 1.29 is 9.31 Å². The van der Waals surface area contributed by atoms with E-state index in [1.807, 2.05) is 36.5 Å². The molecule has 1 heterocycles. The fourth-order valence-corrected chi connectivity index (χ4v) is 2.99. The van der Waals surface area contributed by atoms with Gasteiger partial charge in [-0.15, -0.1) is 11.3 Å². The summed E-state index contributed by atoms with van der Waals surface area (Å²) in [7, 11) is 3.87. The van der Waals surface area contributed by atoms with Crippen LogP contribution in [0.2, 0.25) is 0 Å². The van der Waals surface area contributed by atoms with E-state index in [4.69, 9.17) is 0 Å². The second-order valence-corrected chi connectivity index (χ2v) is 5.75. The van der Waals surface area contributed by atoms with E-state index in [0.717, 1.165) is 10.9 Å². The topological polar surface area (TPSA) is 58.4 Å². The summed E-state index contributed by atoms with van der Waals surface area (Å²) in [6.07, 6.45) is 0. The minimum atomic E-state index is -0.831. The number of thiophene rings is 1. The predicted molar refractivity (Wildman–Crippen MR) is 82.3 cm³/mol. The largest absolute Gasteiger partial charge is 0.377 e. The summed E-state index contributed by atoms with van der Waals surface area (Å²) < 4.78 is 13.6. The maximum Gasteiger partial charge on any atom is 0.327 e. The molecule has 21 heavy (non-hydrogen) atoms. The van der Waals surface area contributed by atoms with E-state index >= 15 is 0 Å². The molecule has 1 atom stereocenters. The van der Waals surface area contributed by atoms with E-state index in [-0.39, 0.29) is 11.7 Å². The number of hydrogen-bond donors (Lipinski definition) is 1. The molecule has 0 spiro atoms. The Morgan fingerprint density at radius 2 is 2.14 bits per heavy atom. The Morgan fingerprint density at radius 3 is 2.71 bits per heavy atom. The van der Waals surface area contributed by atoms with Gasteiger partial charge in [-0.1, -0.05) is 12.1 Å². The molecule has 0 aliphatic carbocycles. The predicted octanol–water partition coefficient (Wildman–Crippen LogP) is 3.51. The van der Waals surface area contributed by atoms with Crippen molar-refractivity contribution in [3.63, 3.8) is 0 Å². The lowest BCUT2D eigenvalue weighted by atomic mass is 10.2. The van der Waals surface area contributed by atoms with E-state index < -0.39 is 16.4 Å². The Labute approximate surface area is 126 Å². The van der Waals surface area contributed by atoms with Crippen molar-refractivity contribution >= 4 is 22.7 Å². The molecule has 112 valence electrons. The molecule has 2 aromatic rings. The molecule has 0 unspecified atom stereocenters. The molecular weight excluding hydrogens is 293 g/mol. The van der Waals surface area contributed by atoms with Crippen LogP contribution in [0.5, 0.6) is 0 Å². The van der Waals surface area contributed by atoms with Gasteiger partial charge in [-0.05, 0) is 37.7 Å². The van der Waals surface area contributed by atoms with Gasteiger partial charge in [0.2, 0.25) is 5.82 Å². The minimum absolute atomic E-state index is 0.0628. The maximum absolute atomic E-state index is 13.6. The number of hydrogen-bond acceptors (Lipinski definition) is 5. The molecule has 1 aromatic carbocycles. The average molecular weight is 309 g/mol. The van der Waals surface area contributed by atoms with Crippen LogP contribution in [0.4, 0.5) is 15.8 Å². The molecule has 0 aliphatic heterocycles. The highest BCUT2D eigenvalue weighted by atomic mass is 32.1. The van der Waals surface area contributed by atoms with Crippen molar-refractivity contribution in [3.05, 3.63) is 56.5 Å². The lowest BCUT2D eigenvalue weighted by molar-refractivity contribution is -0.386. The maximum atomic E-state index is 13.6. The van der Waals surface area contributed by atoms with Crippen molar-refractivity contribution in [1.29, 1.82) is 0 Å². The summed E-state index contributed by atoms with van der Waals surface area (Å²) in [6.45, 7) is 0.456. The lowest BCUT2D eigenvalue weighted by Gasteiger charge is -2.24. The number of para-hydroxylation sites is 1. The highest BCUT2D eigenvalue weighted by molar-refractivity contribution is 7.10. The molecular formula is C14H16FN3O2S. The van der Waals surface area contributed by atoms with Gasteiger partial charge in [0.15, 0.2) is 0 Å². The van der Waals surface area contributed by atoms with Crippen LogP contribution < -0.4 is 5.32 Å². The zero-order valence-corrected chi connectivity index (χ0v) is 12.6. The van der Waals surface area contributed by atoms with Crippen LogP contribution >= 0.6 is 11.3 Å². The van der Waals surface area contributed by atoms with Gasteiger partial charge >= 0.3 is 5.69 Å². The number of benzene rings is 1. The van der Waals surface area contributed by atoms with Gasteiger partial charge < -0.3 is 10.2 Å². The molecule has 0 aliphatic rings. The van der Waals surface area contributed by atoms with E-state index in [1.165, 1.54) is 12.1 Å². The molecule has 0 saturated heterocycles. The average Bonchev–Trinajstić information content (AvgIpc) is 2.92. The number of rotatable bonds is 6. The Bertz CT molecular complexity index is 617. The van der Waals surface area contributed by atoms with Gasteiger partial charge in [0, 0.05) is 11.4 Å². The van der Waals surface area contributed by atoms with Crippen LogP contribution in [0.15, 0.2) is 35.7 Å². The first-order valence-electron chi connectivity index (χ1n) is 6.37. The van der Waals surface area contributed by atoms with Crippen LogP contribution in [0.25, 0.3) is 0 Å². The van der Waals surface area contributed by atoms with Crippen molar-refractivity contribution in [2.75, 3.05) is 26.0 Å². The molecule has 1 N–H and O–H groups in total. The van der Waals surface area contributed by atoms with Gasteiger partial charge in [-0.25, -0.2) is 0 Å². The normalized spacial score (nSPS) is 12.4. The van der Waals surface area contributed by atoms with Gasteiger partial charge in [-0.3, -0.25) is 10.1 Å². The third-order valence-electron chi connectivity index (χ3n) is 3.15. The smallest absolute Gasteiger partial charge is 0.327 e. The van der Waals surface area contributed by atoms with Gasteiger partial charge in [0.1, 0.15) is 5.69 Å². The molecule has 0 radical (unpaired) electrons. The van der Waals surface area contributed by atoms with Gasteiger partial charge in [-0.2, -0.15) is 4.39 Å². The van der Waals surface area contributed by atoms with Crippen molar-refractivity contribution in [3.8, 4) is 0 Å². The summed E-state index contributed by atoms with van der Waals surface area (Å²) in [6, 6.07) is 8.10. The molecule has 0 bridgehead atoms. The lowest BCUT2D eigenvalue weighted by Crippen LogP contribution is -2.26. The molecule has 2 rings (SSSR count). The van der Waals surface area contributed by atoms with E-state index in [1.54, 1.807) is 11.3 Å². The van der Waals surface area contributed by atoms with E-state index in [0.29, 0.717) is 6.54 Å². The summed E-state index contributed by atoms with van der Waals surface area (Å²) in [5.41, 5.74) is -0.315. The number of nitrogens with one attached hydrogen (secondary N) is 1. The zero-order chi connectivity index (χ0) is 15.4. The van der Waals surface area contributed by atoms with E-state index in [2.05, 4.69) is 5.32 Å².